The number of phosphoric acid groups is 2. The molecule has 0 aliphatic carbocycles. The molecule has 0 radical (unpaired) electrons. The van der Waals surface area contributed by atoms with Gasteiger partial charge in [-0.3, -0.25) is 18.1 Å². The molecular weight excluding hydrogens is 622 g/mol. The Morgan fingerprint density at radius 1 is 0.533 bits per heavy atom. The third-order valence-electron chi connectivity index (χ3n) is 8.23. The van der Waals surface area contributed by atoms with Crippen LogP contribution in [0, 0.1) is 5.92 Å². The molecule has 0 saturated carbocycles. The predicted molar refractivity (Wildman–Crippen MR) is 180 cm³/mol. The van der Waals surface area contributed by atoms with Crippen molar-refractivity contribution in [2.45, 2.75) is 103 Å². The maximum atomic E-state index is 12.5. The zero-order chi connectivity index (χ0) is 34.1. The molecule has 2 unspecified atom stereocenters. The van der Waals surface area contributed by atoms with Crippen molar-refractivity contribution in [3.8, 4) is 0 Å². The molecule has 272 valence electrons. The van der Waals surface area contributed by atoms with Gasteiger partial charge in [0.2, 0.25) is 0 Å². The van der Waals surface area contributed by atoms with E-state index in [1.54, 1.807) is 0 Å². The number of nitrogens with zero attached hydrogens (tertiary/aromatic N) is 2. The lowest BCUT2D eigenvalue weighted by Gasteiger charge is -2.29. The Hall–Kier alpha value is 0.0600. The molecule has 0 bridgehead atoms. The fraction of sp³-hybridized carbons (Fsp3) is 1.00. The number of rotatable bonds is 33. The van der Waals surface area contributed by atoms with Crippen LogP contribution in [0.5, 0.6) is 0 Å². The Labute approximate surface area is 274 Å². The molecule has 0 aliphatic rings. The molecule has 0 heterocycles. The minimum atomic E-state index is -4.35. The van der Waals surface area contributed by atoms with Crippen molar-refractivity contribution in [1.29, 1.82) is 0 Å². The zero-order valence-corrected chi connectivity index (χ0v) is 31.1. The van der Waals surface area contributed by atoms with E-state index in [0.717, 1.165) is 19.3 Å². The summed E-state index contributed by atoms with van der Waals surface area (Å²) >= 11 is 0. The number of hydrogen-bond acceptors (Lipinski definition) is 8. The minimum absolute atomic E-state index is 0.000797. The highest BCUT2D eigenvalue weighted by Gasteiger charge is 2.28. The highest BCUT2D eigenvalue weighted by Crippen LogP contribution is 2.46. The Balaban J connectivity index is 4.64. The van der Waals surface area contributed by atoms with E-state index in [0.29, 0.717) is 41.6 Å². The van der Waals surface area contributed by atoms with Crippen molar-refractivity contribution >= 4 is 15.6 Å². The first-order valence-electron chi connectivity index (χ1n) is 17.3. The van der Waals surface area contributed by atoms with Gasteiger partial charge in [0.05, 0.1) is 54.6 Å². The second kappa shape index (κ2) is 26.0. The summed E-state index contributed by atoms with van der Waals surface area (Å²) in [7, 11) is -1.16. The van der Waals surface area contributed by atoms with Crippen LogP contribution in [0.2, 0.25) is 0 Å². The van der Waals surface area contributed by atoms with E-state index in [1.165, 1.54) is 70.6 Å². The molecule has 0 aromatic heterocycles. The molecule has 0 aliphatic heterocycles. The van der Waals surface area contributed by atoms with Crippen molar-refractivity contribution in [2.75, 3.05) is 94.0 Å². The second-order valence-electron chi connectivity index (χ2n) is 13.7. The van der Waals surface area contributed by atoms with Gasteiger partial charge in [0.1, 0.15) is 39.4 Å². The molecule has 0 rings (SSSR count). The summed E-state index contributed by atoms with van der Waals surface area (Å²) in [5.41, 5.74) is 0. The highest BCUT2D eigenvalue weighted by atomic mass is 31.2. The van der Waals surface area contributed by atoms with Gasteiger partial charge in [-0.2, -0.15) is 0 Å². The summed E-state index contributed by atoms with van der Waals surface area (Å²) < 4.78 is 46.7. The molecular formula is C31H70N2O10P2+2. The van der Waals surface area contributed by atoms with Crippen molar-refractivity contribution in [3.63, 3.8) is 0 Å². The Morgan fingerprint density at radius 2 is 0.867 bits per heavy atom. The van der Waals surface area contributed by atoms with E-state index < -0.39 is 21.6 Å². The van der Waals surface area contributed by atoms with Gasteiger partial charge < -0.3 is 29.0 Å². The molecule has 0 amide bonds. The standard InChI is InChI=1S/C31H68N2O10P2/c1-6-7-8-9-10-11-12-13-14-15-16-17-18-19-20-31(29-42-44(36,37)40-27-23-32(2,3)21-25-34)30-43-45(38,39)41-28-24-33(4,5)22-26-35/h31,34-35H,6-30H2,1-5H3/p+2. The molecule has 12 nitrogen and oxygen atoms in total. The molecule has 0 aromatic carbocycles. The molecule has 0 fully saturated rings. The Kier molecular flexibility index (Phi) is 26.0. The lowest BCUT2D eigenvalue weighted by atomic mass is 10.0. The van der Waals surface area contributed by atoms with Crippen molar-refractivity contribution < 1.29 is 56.2 Å². The van der Waals surface area contributed by atoms with Crippen LogP contribution < -0.4 is 0 Å². The first-order valence-corrected chi connectivity index (χ1v) is 20.3. The van der Waals surface area contributed by atoms with Gasteiger partial charge in [-0.05, 0) is 6.42 Å². The van der Waals surface area contributed by atoms with E-state index in [9.17, 15) is 18.9 Å². The normalized spacial score (nSPS) is 16.0. The van der Waals surface area contributed by atoms with Gasteiger partial charge in [0.25, 0.3) is 0 Å². The fourth-order valence-corrected chi connectivity index (χ4v) is 6.46. The molecule has 45 heavy (non-hydrogen) atoms. The topological polar surface area (TPSA) is 152 Å². The number of hydrogen-bond donors (Lipinski definition) is 4. The quantitative estimate of drug-likeness (QED) is 0.0373. The van der Waals surface area contributed by atoms with E-state index in [2.05, 4.69) is 6.92 Å². The van der Waals surface area contributed by atoms with Crippen molar-refractivity contribution in [3.05, 3.63) is 0 Å². The molecule has 0 spiro atoms. The monoisotopic (exact) mass is 692 g/mol. The maximum absolute atomic E-state index is 12.5. The zero-order valence-electron chi connectivity index (χ0n) is 29.3. The lowest BCUT2D eigenvalue weighted by molar-refractivity contribution is -0.890. The van der Waals surface area contributed by atoms with E-state index in [-0.39, 0.29) is 39.6 Å². The third kappa shape index (κ3) is 28.8. The SMILES string of the molecule is CCCCCCCCCCCCCCCCC(COP(=O)(O)OCC[N+](C)(C)CCO)COP(=O)(O)OCC[N+](C)(C)CCO. The van der Waals surface area contributed by atoms with E-state index in [1.807, 2.05) is 28.2 Å². The van der Waals surface area contributed by atoms with Gasteiger partial charge in [-0.1, -0.05) is 96.8 Å². The maximum Gasteiger partial charge on any atom is 0.472 e. The first kappa shape index (κ1) is 45.1. The van der Waals surface area contributed by atoms with Crippen LogP contribution in [0.3, 0.4) is 0 Å². The summed E-state index contributed by atoms with van der Waals surface area (Å²) in [6.07, 6.45) is 17.9. The summed E-state index contributed by atoms with van der Waals surface area (Å²) in [4.78, 5) is 20.4. The molecule has 2 atom stereocenters. The minimum Gasteiger partial charge on any atom is -0.391 e. The fourth-order valence-electron chi connectivity index (χ4n) is 4.89. The molecule has 0 aromatic rings. The van der Waals surface area contributed by atoms with Crippen molar-refractivity contribution in [1.82, 2.24) is 0 Å². The number of aliphatic hydroxyl groups excluding tert-OH is 2. The lowest BCUT2D eigenvalue weighted by Crippen LogP contribution is -2.44. The number of likely N-dealkylation sites (N-methyl/N-ethyl adjacent to an activating group) is 2. The van der Waals surface area contributed by atoms with Crippen LogP contribution in [0.15, 0.2) is 0 Å². The smallest absolute Gasteiger partial charge is 0.391 e. The van der Waals surface area contributed by atoms with E-state index >= 15 is 0 Å². The average Bonchev–Trinajstić information content (AvgIpc) is 2.93. The van der Waals surface area contributed by atoms with Crippen LogP contribution in [0.4, 0.5) is 0 Å². The van der Waals surface area contributed by atoms with Gasteiger partial charge >= 0.3 is 15.6 Å². The number of aliphatic hydroxyl groups is 2. The van der Waals surface area contributed by atoms with Crippen LogP contribution in [-0.2, 0) is 27.2 Å². The first-order chi connectivity index (χ1) is 21.2. The Bertz CT molecular complexity index is 756. The Morgan fingerprint density at radius 3 is 1.20 bits per heavy atom. The predicted octanol–water partition coefficient (Wildman–Crippen LogP) is 5.88. The second-order valence-corrected chi connectivity index (χ2v) is 16.6. The van der Waals surface area contributed by atoms with Crippen molar-refractivity contribution in [2.24, 2.45) is 5.92 Å². The van der Waals surface area contributed by atoms with Gasteiger partial charge in [-0.25, -0.2) is 9.13 Å². The van der Waals surface area contributed by atoms with Gasteiger partial charge in [0.15, 0.2) is 0 Å². The molecule has 4 N–H and O–H groups in total. The molecule has 0 saturated heterocycles. The van der Waals surface area contributed by atoms with Crippen LogP contribution in [0.1, 0.15) is 103 Å². The van der Waals surface area contributed by atoms with Crippen LogP contribution in [0.25, 0.3) is 0 Å². The largest absolute Gasteiger partial charge is 0.472 e. The summed E-state index contributed by atoms with van der Waals surface area (Å²) in [6, 6.07) is 0. The van der Waals surface area contributed by atoms with Gasteiger partial charge in [-0.15, -0.1) is 0 Å². The number of quaternary nitrogens is 2. The number of phosphoric ester groups is 2. The summed E-state index contributed by atoms with van der Waals surface area (Å²) in [5.74, 6) is -0.404. The van der Waals surface area contributed by atoms with E-state index in [4.69, 9.17) is 28.3 Å². The number of unbranched alkanes of at least 4 members (excludes halogenated alkanes) is 13. The molecule has 14 heteroatoms. The summed E-state index contributed by atoms with van der Waals surface area (Å²) in [6.45, 7) is 3.67. The van der Waals surface area contributed by atoms with Crippen LogP contribution in [-0.4, -0.2) is 123 Å². The van der Waals surface area contributed by atoms with Crippen LogP contribution >= 0.6 is 15.6 Å². The van der Waals surface area contributed by atoms with Gasteiger partial charge in [0, 0.05) is 5.92 Å². The highest BCUT2D eigenvalue weighted by molar-refractivity contribution is 7.47. The third-order valence-corrected chi connectivity index (χ3v) is 10.2. The summed E-state index contributed by atoms with van der Waals surface area (Å²) in [5, 5.41) is 18.3. The average molecular weight is 693 g/mol.